The molecule has 44 heavy (non-hydrogen) atoms. The lowest BCUT2D eigenvalue weighted by molar-refractivity contribution is 0.0948. The monoisotopic (exact) mass is 617 g/mol. The van der Waals surface area contributed by atoms with Crippen LogP contribution < -0.4 is 10.1 Å². The molecular weight excluding hydrogens is 587 g/mol. The Balaban J connectivity index is 1.12. The zero-order valence-electron chi connectivity index (χ0n) is 24.2. The lowest BCUT2D eigenvalue weighted by atomic mass is 9.88. The van der Waals surface area contributed by atoms with Gasteiger partial charge in [0.25, 0.3) is 5.91 Å². The topological polar surface area (TPSA) is 81.9 Å². The molecule has 0 aliphatic rings. The molecule has 0 bridgehead atoms. The highest BCUT2D eigenvalue weighted by Gasteiger charge is 2.19. The number of hydrogen-bond donors (Lipinski definition) is 1. The third-order valence-electron chi connectivity index (χ3n) is 7.21. The Morgan fingerprint density at radius 2 is 1.57 bits per heavy atom. The smallest absolute Gasteiger partial charge is 0.270 e. The molecule has 0 unspecified atom stereocenters. The highest BCUT2D eigenvalue weighted by Crippen LogP contribution is 2.32. The van der Waals surface area contributed by atoms with Crippen molar-refractivity contribution in [3.05, 3.63) is 142 Å². The highest BCUT2D eigenvalue weighted by molar-refractivity contribution is 7.98. The van der Waals surface area contributed by atoms with Gasteiger partial charge in [-0.15, -0.1) is 21.5 Å². The minimum absolute atomic E-state index is 0.162. The molecule has 0 saturated heterocycles. The number of rotatable bonds is 12. The number of carbonyl (C=O) groups is 1. The van der Waals surface area contributed by atoms with Gasteiger partial charge in [-0.05, 0) is 41.8 Å². The van der Waals surface area contributed by atoms with E-state index in [4.69, 9.17) is 4.74 Å². The third-order valence-corrected chi connectivity index (χ3v) is 9.18. The quantitative estimate of drug-likeness (QED) is 0.142. The fourth-order valence-corrected chi connectivity index (χ4v) is 6.79. The van der Waals surface area contributed by atoms with Crippen molar-refractivity contribution in [2.75, 3.05) is 13.7 Å². The number of thiazole rings is 1. The van der Waals surface area contributed by atoms with Crippen LogP contribution in [0.1, 0.15) is 39.0 Å². The van der Waals surface area contributed by atoms with Crippen LogP contribution in [0, 0.1) is 0 Å². The summed E-state index contributed by atoms with van der Waals surface area (Å²) in [6.45, 7) is 0.544. The van der Waals surface area contributed by atoms with E-state index in [0.29, 0.717) is 18.0 Å². The first-order valence-electron chi connectivity index (χ1n) is 14.3. The summed E-state index contributed by atoms with van der Waals surface area (Å²) < 4.78 is 7.47. The van der Waals surface area contributed by atoms with Gasteiger partial charge in [0.15, 0.2) is 11.0 Å². The van der Waals surface area contributed by atoms with Gasteiger partial charge in [-0.1, -0.05) is 103 Å². The molecule has 2 heterocycles. The number of nitrogens with one attached hydrogen (secondary N) is 1. The normalized spacial score (nSPS) is 11.0. The molecular formula is C35H31N5O2S2. The van der Waals surface area contributed by atoms with E-state index in [1.54, 1.807) is 7.11 Å². The lowest BCUT2D eigenvalue weighted by Crippen LogP contribution is -2.26. The minimum atomic E-state index is -0.162. The van der Waals surface area contributed by atoms with E-state index < -0.39 is 0 Å². The first-order chi connectivity index (χ1) is 21.7. The van der Waals surface area contributed by atoms with Gasteiger partial charge in [-0.25, -0.2) is 4.98 Å². The molecule has 0 aliphatic heterocycles. The molecule has 2 aromatic heterocycles. The molecule has 0 radical (unpaired) electrons. The van der Waals surface area contributed by atoms with Crippen LogP contribution in [0.3, 0.4) is 0 Å². The summed E-state index contributed by atoms with van der Waals surface area (Å²) in [5, 5.41) is 15.5. The van der Waals surface area contributed by atoms with Crippen LogP contribution in [0.2, 0.25) is 0 Å². The van der Waals surface area contributed by atoms with Gasteiger partial charge in [-0.3, -0.25) is 9.36 Å². The molecule has 4 aromatic carbocycles. The van der Waals surface area contributed by atoms with Gasteiger partial charge in [0.1, 0.15) is 16.5 Å². The lowest BCUT2D eigenvalue weighted by Gasteiger charge is -2.18. The number of ether oxygens (including phenoxy) is 1. The standard InChI is InChI=1S/C35H31N5O2S2/c1-42-29-19-11-16-27(22-29)33-38-39-35(40(33)28-17-9-4-10-18-28)44-24-32-37-31(23-43-32)34(41)36-21-20-30(25-12-5-2-6-13-25)26-14-7-3-8-15-26/h2-19,22-23,30H,20-21,24H2,1H3,(H,36,41). The maximum Gasteiger partial charge on any atom is 0.270 e. The van der Waals surface area contributed by atoms with Gasteiger partial charge < -0.3 is 10.1 Å². The van der Waals surface area contributed by atoms with Crippen LogP contribution in [-0.4, -0.2) is 39.3 Å². The van der Waals surface area contributed by atoms with Crippen molar-refractivity contribution >= 4 is 29.0 Å². The number of nitrogens with zero attached hydrogens (tertiary/aromatic N) is 4. The zero-order valence-corrected chi connectivity index (χ0v) is 25.8. The van der Waals surface area contributed by atoms with Crippen LogP contribution in [0.4, 0.5) is 0 Å². The maximum absolute atomic E-state index is 13.0. The van der Waals surface area contributed by atoms with E-state index >= 15 is 0 Å². The largest absolute Gasteiger partial charge is 0.497 e. The summed E-state index contributed by atoms with van der Waals surface area (Å²) >= 11 is 3.01. The molecule has 1 N–H and O–H groups in total. The Hall–Kier alpha value is -4.73. The SMILES string of the molecule is COc1cccc(-c2nnc(SCc3nc(C(=O)NCCC(c4ccccc4)c4ccccc4)cs3)n2-c2ccccc2)c1. The van der Waals surface area contributed by atoms with Crippen LogP contribution in [0.25, 0.3) is 17.1 Å². The van der Waals surface area contributed by atoms with Gasteiger partial charge in [0.05, 0.1) is 12.9 Å². The van der Waals surface area contributed by atoms with E-state index in [1.807, 2.05) is 76.7 Å². The number of methoxy groups -OCH3 is 1. The van der Waals surface area contributed by atoms with E-state index in [9.17, 15) is 4.79 Å². The molecule has 0 aliphatic carbocycles. The van der Waals surface area contributed by atoms with Crippen molar-refractivity contribution in [2.45, 2.75) is 23.2 Å². The van der Waals surface area contributed by atoms with E-state index in [1.165, 1.54) is 34.2 Å². The fraction of sp³-hybridized carbons (Fsp3) is 0.143. The Morgan fingerprint density at radius 1 is 0.886 bits per heavy atom. The molecule has 6 rings (SSSR count). The molecule has 1 amide bonds. The Labute approximate surface area is 265 Å². The third kappa shape index (κ3) is 6.90. The predicted octanol–water partition coefficient (Wildman–Crippen LogP) is 7.64. The number of carbonyl (C=O) groups excluding carboxylic acids is 1. The van der Waals surface area contributed by atoms with E-state index in [0.717, 1.165) is 39.4 Å². The minimum Gasteiger partial charge on any atom is -0.497 e. The van der Waals surface area contributed by atoms with Crippen LogP contribution in [0.5, 0.6) is 5.75 Å². The fourth-order valence-electron chi connectivity index (χ4n) is 5.05. The Bertz CT molecular complexity index is 1770. The summed E-state index contributed by atoms with van der Waals surface area (Å²) in [6.07, 6.45) is 0.789. The number of para-hydroxylation sites is 1. The second kappa shape index (κ2) is 14.2. The van der Waals surface area contributed by atoms with Crippen LogP contribution >= 0.6 is 23.1 Å². The first-order valence-corrected chi connectivity index (χ1v) is 16.2. The van der Waals surface area contributed by atoms with Gasteiger partial charge >= 0.3 is 0 Å². The van der Waals surface area contributed by atoms with E-state index in [2.05, 4.69) is 69.0 Å². The number of hydrogen-bond acceptors (Lipinski definition) is 7. The summed E-state index contributed by atoms with van der Waals surface area (Å²) in [4.78, 5) is 17.7. The number of aromatic nitrogens is 4. The molecule has 0 saturated carbocycles. The Kier molecular flexibility index (Phi) is 9.44. The Morgan fingerprint density at radius 3 is 2.25 bits per heavy atom. The summed E-state index contributed by atoms with van der Waals surface area (Å²) in [6, 6.07) is 38.7. The zero-order chi connectivity index (χ0) is 30.1. The second-order valence-electron chi connectivity index (χ2n) is 10.0. The maximum atomic E-state index is 13.0. The van der Waals surface area contributed by atoms with Gasteiger partial charge in [0, 0.05) is 29.1 Å². The van der Waals surface area contributed by atoms with Crippen molar-refractivity contribution in [3.63, 3.8) is 0 Å². The number of thioether (sulfide) groups is 1. The first kappa shape index (κ1) is 29.3. The van der Waals surface area contributed by atoms with Crippen molar-refractivity contribution in [2.24, 2.45) is 0 Å². The average Bonchev–Trinajstić information content (AvgIpc) is 3.75. The van der Waals surface area contributed by atoms with Gasteiger partial charge in [0.2, 0.25) is 0 Å². The van der Waals surface area contributed by atoms with Crippen LogP contribution in [-0.2, 0) is 5.75 Å². The van der Waals surface area contributed by atoms with Crippen molar-refractivity contribution in [1.82, 2.24) is 25.1 Å². The predicted molar refractivity (Wildman–Crippen MR) is 177 cm³/mol. The van der Waals surface area contributed by atoms with Gasteiger partial charge in [-0.2, -0.15) is 0 Å². The molecule has 0 atom stereocenters. The molecule has 0 fully saturated rings. The van der Waals surface area contributed by atoms with Crippen LogP contribution in [0.15, 0.2) is 126 Å². The van der Waals surface area contributed by atoms with Crippen molar-refractivity contribution in [3.8, 4) is 22.8 Å². The number of amides is 1. The molecule has 220 valence electrons. The second-order valence-corrected chi connectivity index (χ2v) is 11.9. The molecule has 9 heteroatoms. The van der Waals surface area contributed by atoms with E-state index in [-0.39, 0.29) is 11.8 Å². The van der Waals surface area contributed by atoms with Crippen molar-refractivity contribution in [1.29, 1.82) is 0 Å². The molecule has 0 spiro atoms. The summed E-state index contributed by atoms with van der Waals surface area (Å²) in [5.74, 6) is 2.07. The summed E-state index contributed by atoms with van der Waals surface area (Å²) in [5.41, 5.74) is 4.77. The average molecular weight is 618 g/mol. The molecule has 7 nitrogen and oxygen atoms in total. The summed E-state index contributed by atoms with van der Waals surface area (Å²) in [7, 11) is 1.65. The highest BCUT2D eigenvalue weighted by atomic mass is 32.2. The number of benzene rings is 4. The van der Waals surface area contributed by atoms with Crippen molar-refractivity contribution < 1.29 is 9.53 Å². The molecule has 6 aromatic rings.